The first-order valence-electron chi connectivity index (χ1n) is 11.7. The van der Waals surface area contributed by atoms with Gasteiger partial charge in [-0.15, -0.1) is 13.2 Å². The van der Waals surface area contributed by atoms with E-state index in [1.54, 1.807) is 10.00 Å². The van der Waals surface area contributed by atoms with Gasteiger partial charge in [-0.2, -0.15) is 31.4 Å². The van der Waals surface area contributed by atoms with Crippen molar-refractivity contribution >= 4 is 17.5 Å². The number of aromatic amines is 1. The highest BCUT2D eigenvalue weighted by molar-refractivity contribution is 5.76. The summed E-state index contributed by atoms with van der Waals surface area (Å²) in [5.74, 6) is -0.357. The lowest BCUT2D eigenvalue weighted by atomic mass is 10.2. The summed E-state index contributed by atoms with van der Waals surface area (Å²) in [6.07, 6.45) is -13.2. The van der Waals surface area contributed by atoms with Crippen LogP contribution in [0.4, 0.5) is 51.1 Å². The molecule has 0 bridgehead atoms. The summed E-state index contributed by atoms with van der Waals surface area (Å²) < 4.78 is 124. The first-order chi connectivity index (χ1) is 19.0. The summed E-state index contributed by atoms with van der Waals surface area (Å²) in [7, 11) is 0. The molecule has 20 heteroatoms. The first kappa shape index (κ1) is 31.8. The van der Waals surface area contributed by atoms with Gasteiger partial charge in [-0.25, -0.2) is 15.1 Å². The minimum Gasteiger partial charge on any atom is -0.379 e. The number of anilines is 2. The molecule has 1 atom stereocenters. The van der Waals surface area contributed by atoms with Crippen LogP contribution in [-0.4, -0.2) is 89.4 Å². The molecule has 0 radical (unpaired) electrons. The third-order valence-electron chi connectivity index (χ3n) is 5.61. The fourth-order valence-electron chi connectivity index (χ4n) is 3.67. The number of piperazine rings is 1. The molecule has 3 rings (SSSR count). The number of halogens is 9. The Morgan fingerprint density at radius 1 is 0.951 bits per heavy atom. The van der Waals surface area contributed by atoms with E-state index in [1.165, 1.54) is 4.90 Å². The maximum absolute atomic E-state index is 13.3. The second kappa shape index (κ2) is 12.9. The van der Waals surface area contributed by atoms with Crippen molar-refractivity contribution in [1.29, 1.82) is 0 Å². The predicted octanol–water partition coefficient (Wildman–Crippen LogP) is 2.67. The van der Waals surface area contributed by atoms with Crippen molar-refractivity contribution in [3.05, 3.63) is 40.1 Å². The number of alkyl halides is 9. The van der Waals surface area contributed by atoms with Gasteiger partial charge in [0.1, 0.15) is 5.56 Å². The quantitative estimate of drug-likeness (QED) is 0.310. The van der Waals surface area contributed by atoms with Crippen molar-refractivity contribution in [1.82, 2.24) is 25.1 Å². The van der Waals surface area contributed by atoms with Crippen LogP contribution < -0.4 is 15.8 Å². The van der Waals surface area contributed by atoms with Gasteiger partial charge in [0.25, 0.3) is 5.56 Å². The number of nitrogens with one attached hydrogen (secondary N) is 2. The van der Waals surface area contributed by atoms with E-state index < -0.39 is 66.3 Å². The van der Waals surface area contributed by atoms with E-state index in [0.717, 1.165) is 0 Å². The molecule has 0 aliphatic carbocycles. The van der Waals surface area contributed by atoms with Crippen molar-refractivity contribution in [2.24, 2.45) is 0 Å². The summed E-state index contributed by atoms with van der Waals surface area (Å²) in [5, 5.41) is 6.93. The molecule has 1 aliphatic heterocycles. The normalized spacial score (nSPS) is 15.6. The van der Waals surface area contributed by atoms with Crippen molar-refractivity contribution in [2.45, 2.75) is 31.2 Å². The third-order valence-corrected chi connectivity index (χ3v) is 5.61. The molecule has 0 spiro atoms. The molecule has 2 aromatic rings. The van der Waals surface area contributed by atoms with Crippen LogP contribution in [0.25, 0.3) is 0 Å². The fourth-order valence-corrected chi connectivity index (χ4v) is 3.67. The highest BCUT2D eigenvalue weighted by Gasteiger charge is 2.38. The third kappa shape index (κ3) is 9.44. The molecule has 1 fully saturated rings. The van der Waals surface area contributed by atoms with Gasteiger partial charge in [0.2, 0.25) is 11.9 Å². The molecular weight excluding hydrogens is 585 g/mol. The smallest absolute Gasteiger partial charge is 0.379 e. The van der Waals surface area contributed by atoms with Crippen LogP contribution in [-0.2, 0) is 26.6 Å². The van der Waals surface area contributed by atoms with Gasteiger partial charge in [-0.05, 0) is 0 Å². The van der Waals surface area contributed by atoms with Gasteiger partial charge >= 0.3 is 18.7 Å². The molecule has 3 heterocycles. The molecule has 1 saturated heterocycles. The zero-order valence-corrected chi connectivity index (χ0v) is 20.7. The molecule has 11 nitrogen and oxygen atoms in total. The molecule has 0 aromatic carbocycles. The average Bonchev–Trinajstić information content (AvgIpc) is 2.88. The fraction of sp³-hybridized carbons (Fsp3) is 0.571. The Hall–Kier alpha value is -3.68. The Morgan fingerprint density at radius 3 is 2.15 bits per heavy atom. The number of rotatable bonds is 10. The van der Waals surface area contributed by atoms with E-state index >= 15 is 0 Å². The predicted molar refractivity (Wildman–Crippen MR) is 121 cm³/mol. The lowest BCUT2D eigenvalue weighted by Gasteiger charge is -2.34. The lowest BCUT2D eigenvalue weighted by molar-refractivity contribution is -0.325. The van der Waals surface area contributed by atoms with Crippen molar-refractivity contribution in [3.8, 4) is 0 Å². The summed E-state index contributed by atoms with van der Waals surface area (Å²) >= 11 is 0. The topological polar surface area (TPSA) is 126 Å². The van der Waals surface area contributed by atoms with Crippen molar-refractivity contribution < 1.29 is 53.8 Å². The number of aromatic nitrogens is 4. The van der Waals surface area contributed by atoms with Crippen LogP contribution >= 0.6 is 0 Å². The van der Waals surface area contributed by atoms with E-state index in [0.29, 0.717) is 18.6 Å². The van der Waals surface area contributed by atoms with E-state index in [1.807, 2.05) is 0 Å². The van der Waals surface area contributed by atoms with E-state index in [2.05, 4.69) is 25.1 Å². The largest absolute Gasteiger partial charge is 0.522 e. The standard InChI is InChI=1S/C21H22F9N7O4/c22-19(23,24)12-7-31-18(32-8-12)37-4-2-36(3-5-37)15(38)1-6-40-10-13(11-41-21(28,29)30)34-14-9-33-35-17(39)16(14)20(25,26)27/h7-9,13H,1-6,10-11H2,(H2,34,35,39)/t13-/m1/s1. The average molecular weight is 607 g/mol. The van der Waals surface area contributed by atoms with Crippen LogP contribution in [0.1, 0.15) is 17.5 Å². The molecule has 1 amide bonds. The lowest BCUT2D eigenvalue weighted by Crippen LogP contribution is -2.49. The maximum atomic E-state index is 13.3. The van der Waals surface area contributed by atoms with Gasteiger partial charge in [0, 0.05) is 38.6 Å². The number of ether oxygens (including phenoxy) is 2. The van der Waals surface area contributed by atoms with Crippen molar-refractivity contribution in [3.63, 3.8) is 0 Å². The zero-order valence-electron chi connectivity index (χ0n) is 20.7. The number of nitrogens with zero attached hydrogens (tertiary/aromatic N) is 5. The van der Waals surface area contributed by atoms with Crippen LogP contribution in [0, 0.1) is 0 Å². The number of carbonyl (C=O) groups is 1. The van der Waals surface area contributed by atoms with E-state index in [4.69, 9.17) is 4.74 Å². The van der Waals surface area contributed by atoms with E-state index in [-0.39, 0.29) is 45.2 Å². The Kier molecular flexibility index (Phi) is 10.0. The van der Waals surface area contributed by atoms with Gasteiger partial charge in [-0.1, -0.05) is 0 Å². The second-order valence-electron chi connectivity index (χ2n) is 8.55. The Labute approximate surface area is 224 Å². The van der Waals surface area contributed by atoms with Gasteiger partial charge in [-0.3, -0.25) is 14.3 Å². The van der Waals surface area contributed by atoms with Crippen LogP contribution in [0.2, 0.25) is 0 Å². The highest BCUT2D eigenvalue weighted by atomic mass is 19.4. The number of hydrogen-bond donors (Lipinski definition) is 2. The highest BCUT2D eigenvalue weighted by Crippen LogP contribution is 2.32. The molecule has 0 unspecified atom stereocenters. The first-order valence-corrected chi connectivity index (χ1v) is 11.7. The molecule has 228 valence electrons. The van der Waals surface area contributed by atoms with E-state index in [9.17, 15) is 49.1 Å². The molecule has 2 aromatic heterocycles. The summed E-state index contributed by atoms with van der Waals surface area (Å²) in [5.41, 5.74) is -5.23. The number of hydrogen-bond acceptors (Lipinski definition) is 9. The van der Waals surface area contributed by atoms with Gasteiger partial charge in [0.15, 0.2) is 0 Å². The second-order valence-corrected chi connectivity index (χ2v) is 8.55. The zero-order chi connectivity index (χ0) is 30.4. The molecule has 41 heavy (non-hydrogen) atoms. The maximum Gasteiger partial charge on any atom is 0.522 e. The minimum atomic E-state index is -5.15. The molecule has 2 N–H and O–H groups in total. The SMILES string of the molecule is O=C(CCOC[C@H](COC(F)(F)F)Nc1cn[nH]c(=O)c1C(F)(F)F)N1CCN(c2ncc(C(F)(F)F)cn2)CC1. The summed E-state index contributed by atoms with van der Waals surface area (Å²) in [4.78, 5) is 34.5. The van der Waals surface area contributed by atoms with Crippen molar-refractivity contribution in [2.75, 3.05) is 56.2 Å². The van der Waals surface area contributed by atoms with Crippen LogP contribution in [0.5, 0.6) is 0 Å². The van der Waals surface area contributed by atoms with Gasteiger partial charge in [0.05, 0.1) is 49.7 Å². The summed E-state index contributed by atoms with van der Waals surface area (Å²) in [6, 6.07) is -1.52. The number of amides is 1. The Bertz CT molecular complexity index is 1210. The Balaban J connectivity index is 1.51. The number of carbonyl (C=O) groups excluding carboxylic acids is 1. The molecular formula is C21H22F9N7O4. The summed E-state index contributed by atoms with van der Waals surface area (Å²) in [6.45, 7) is -1.37. The monoisotopic (exact) mass is 607 g/mol. The Morgan fingerprint density at radius 2 is 1.59 bits per heavy atom. The van der Waals surface area contributed by atoms with Gasteiger partial charge < -0.3 is 19.9 Å². The van der Waals surface area contributed by atoms with Crippen LogP contribution in [0.15, 0.2) is 23.4 Å². The molecule has 1 aliphatic rings. The van der Waals surface area contributed by atoms with Crippen LogP contribution in [0.3, 0.4) is 0 Å². The number of H-pyrrole nitrogens is 1. The molecule has 0 saturated carbocycles. The minimum absolute atomic E-state index is 0.0531.